The molecule has 4 aromatic rings. The molecule has 1 N–H and O–H groups in total. The first-order valence-electron chi connectivity index (χ1n) is 8.95. The molecule has 0 aliphatic heterocycles. The van der Waals surface area contributed by atoms with Gasteiger partial charge in [-0.1, -0.05) is 30.3 Å². The lowest BCUT2D eigenvalue weighted by Crippen LogP contribution is -2.26. The zero-order valence-corrected chi connectivity index (χ0v) is 15.2. The number of hydrogen-bond acceptors (Lipinski definition) is 3. The second-order valence-electron chi connectivity index (χ2n) is 6.58. The standard InChI is InChI=1S/C21H21N5O/c1-25(14-16-13-22-26(15-16)17-7-3-2-4-8-17)21(27)12-11-20-23-18-9-5-6-10-19(18)24-20/h2-10,13,15H,11-12,14H2,1H3,(H,23,24). The molecular formula is C21H21N5O. The van der Waals surface area contributed by atoms with Gasteiger partial charge in [-0.3, -0.25) is 4.79 Å². The van der Waals surface area contributed by atoms with Crippen molar-refractivity contribution >= 4 is 16.9 Å². The molecule has 0 radical (unpaired) electrons. The predicted molar refractivity (Wildman–Crippen MR) is 104 cm³/mol. The number of rotatable bonds is 6. The van der Waals surface area contributed by atoms with Gasteiger partial charge in [-0.25, -0.2) is 9.67 Å². The highest BCUT2D eigenvalue weighted by Crippen LogP contribution is 2.13. The molecule has 4 rings (SSSR count). The fourth-order valence-electron chi connectivity index (χ4n) is 3.07. The Hall–Kier alpha value is -3.41. The van der Waals surface area contributed by atoms with Gasteiger partial charge in [0.15, 0.2) is 0 Å². The third-order valence-corrected chi connectivity index (χ3v) is 4.52. The van der Waals surface area contributed by atoms with Crippen LogP contribution in [0.2, 0.25) is 0 Å². The summed E-state index contributed by atoms with van der Waals surface area (Å²) in [5.74, 6) is 0.928. The fraction of sp³-hybridized carbons (Fsp3) is 0.190. The summed E-state index contributed by atoms with van der Waals surface area (Å²) in [5, 5.41) is 4.38. The molecular weight excluding hydrogens is 338 g/mol. The molecule has 0 aliphatic carbocycles. The van der Waals surface area contributed by atoms with Gasteiger partial charge in [0.2, 0.25) is 5.91 Å². The van der Waals surface area contributed by atoms with Gasteiger partial charge in [0.05, 0.1) is 22.9 Å². The number of amides is 1. The minimum atomic E-state index is 0.0860. The summed E-state index contributed by atoms with van der Waals surface area (Å²) >= 11 is 0. The smallest absolute Gasteiger partial charge is 0.223 e. The number of para-hydroxylation sites is 3. The van der Waals surface area contributed by atoms with E-state index >= 15 is 0 Å². The molecule has 1 amide bonds. The highest BCUT2D eigenvalue weighted by molar-refractivity contribution is 5.77. The van der Waals surface area contributed by atoms with Crippen molar-refractivity contribution in [3.63, 3.8) is 0 Å². The zero-order chi connectivity index (χ0) is 18.6. The van der Waals surface area contributed by atoms with E-state index in [0.717, 1.165) is 28.1 Å². The van der Waals surface area contributed by atoms with Crippen molar-refractivity contribution in [2.45, 2.75) is 19.4 Å². The quantitative estimate of drug-likeness (QED) is 0.574. The van der Waals surface area contributed by atoms with Crippen LogP contribution < -0.4 is 0 Å². The number of benzene rings is 2. The SMILES string of the molecule is CN(Cc1cnn(-c2ccccc2)c1)C(=O)CCc1nc2ccccc2[nH]1. The lowest BCUT2D eigenvalue weighted by molar-refractivity contribution is -0.130. The maximum atomic E-state index is 12.5. The van der Waals surface area contributed by atoms with Crippen molar-refractivity contribution in [3.05, 3.63) is 78.4 Å². The fourth-order valence-corrected chi connectivity index (χ4v) is 3.07. The molecule has 136 valence electrons. The van der Waals surface area contributed by atoms with Gasteiger partial charge in [0.25, 0.3) is 0 Å². The minimum absolute atomic E-state index is 0.0860. The Bertz CT molecular complexity index is 1020. The van der Waals surface area contributed by atoms with Crippen LogP contribution in [0.4, 0.5) is 0 Å². The molecule has 0 saturated carbocycles. The van der Waals surface area contributed by atoms with Gasteiger partial charge in [-0.05, 0) is 24.3 Å². The molecule has 0 spiro atoms. The average Bonchev–Trinajstić information content (AvgIpc) is 3.33. The van der Waals surface area contributed by atoms with E-state index < -0.39 is 0 Å². The second kappa shape index (κ2) is 7.45. The summed E-state index contributed by atoms with van der Waals surface area (Å²) in [7, 11) is 1.82. The zero-order valence-electron chi connectivity index (χ0n) is 15.2. The first-order chi connectivity index (χ1) is 13.2. The number of fused-ring (bicyclic) bond motifs is 1. The van der Waals surface area contributed by atoms with E-state index in [1.165, 1.54) is 0 Å². The van der Waals surface area contributed by atoms with E-state index in [1.807, 2.05) is 72.5 Å². The second-order valence-corrected chi connectivity index (χ2v) is 6.58. The van der Waals surface area contributed by atoms with Crippen LogP contribution in [0.1, 0.15) is 17.8 Å². The van der Waals surface area contributed by atoms with E-state index in [4.69, 9.17) is 0 Å². The third kappa shape index (κ3) is 3.89. The van der Waals surface area contributed by atoms with Crippen molar-refractivity contribution in [2.75, 3.05) is 7.05 Å². The van der Waals surface area contributed by atoms with Crippen LogP contribution in [0.15, 0.2) is 67.0 Å². The van der Waals surface area contributed by atoms with Gasteiger partial charge >= 0.3 is 0 Å². The van der Waals surface area contributed by atoms with Crippen LogP contribution in [0.25, 0.3) is 16.7 Å². The molecule has 27 heavy (non-hydrogen) atoms. The lowest BCUT2D eigenvalue weighted by Gasteiger charge is -2.15. The number of aromatic nitrogens is 4. The van der Waals surface area contributed by atoms with E-state index in [1.54, 1.807) is 11.1 Å². The number of imidazole rings is 1. The van der Waals surface area contributed by atoms with Gasteiger partial charge < -0.3 is 9.88 Å². The Morgan fingerprint density at radius 1 is 1.11 bits per heavy atom. The number of aryl methyl sites for hydroxylation is 1. The van der Waals surface area contributed by atoms with Crippen LogP contribution in [0.5, 0.6) is 0 Å². The van der Waals surface area contributed by atoms with Crippen molar-refractivity contribution in [1.82, 2.24) is 24.6 Å². The summed E-state index contributed by atoms with van der Waals surface area (Å²) in [6.45, 7) is 0.534. The van der Waals surface area contributed by atoms with Crippen LogP contribution in [0.3, 0.4) is 0 Å². The maximum absolute atomic E-state index is 12.5. The van der Waals surface area contributed by atoms with Crippen molar-refractivity contribution < 1.29 is 4.79 Å². The molecule has 0 bridgehead atoms. The number of aromatic amines is 1. The lowest BCUT2D eigenvalue weighted by atomic mass is 10.2. The summed E-state index contributed by atoms with van der Waals surface area (Å²) < 4.78 is 1.82. The highest BCUT2D eigenvalue weighted by atomic mass is 16.2. The summed E-state index contributed by atoms with van der Waals surface area (Å²) in [4.78, 5) is 22.0. The summed E-state index contributed by atoms with van der Waals surface area (Å²) in [5.41, 5.74) is 3.93. The first kappa shape index (κ1) is 17.0. The molecule has 0 fully saturated rings. The Morgan fingerprint density at radius 2 is 1.89 bits per heavy atom. The van der Waals surface area contributed by atoms with Gasteiger partial charge in [-0.2, -0.15) is 5.10 Å². The number of nitrogens with one attached hydrogen (secondary N) is 1. The van der Waals surface area contributed by atoms with E-state index in [0.29, 0.717) is 19.4 Å². The number of hydrogen-bond donors (Lipinski definition) is 1. The van der Waals surface area contributed by atoms with Crippen LogP contribution >= 0.6 is 0 Å². The predicted octanol–water partition coefficient (Wildman–Crippen LogP) is 3.34. The maximum Gasteiger partial charge on any atom is 0.223 e. The third-order valence-electron chi connectivity index (χ3n) is 4.52. The van der Waals surface area contributed by atoms with E-state index in [-0.39, 0.29) is 5.91 Å². The summed E-state index contributed by atoms with van der Waals surface area (Å²) in [6.07, 6.45) is 4.78. The number of carbonyl (C=O) groups excluding carboxylic acids is 1. The summed E-state index contributed by atoms with van der Waals surface area (Å²) in [6, 6.07) is 17.8. The number of carbonyl (C=O) groups is 1. The monoisotopic (exact) mass is 359 g/mol. The molecule has 6 nitrogen and oxygen atoms in total. The van der Waals surface area contributed by atoms with Crippen LogP contribution in [-0.4, -0.2) is 37.6 Å². The Balaban J connectivity index is 1.34. The average molecular weight is 359 g/mol. The van der Waals surface area contributed by atoms with Crippen molar-refractivity contribution in [3.8, 4) is 5.69 Å². The molecule has 0 saturated heterocycles. The largest absolute Gasteiger partial charge is 0.342 e. The molecule has 2 aromatic heterocycles. The van der Waals surface area contributed by atoms with E-state index in [9.17, 15) is 4.79 Å². The molecule has 0 aliphatic rings. The van der Waals surface area contributed by atoms with Crippen LogP contribution in [-0.2, 0) is 17.8 Å². The Kier molecular flexibility index (Phi) is 4.70. The first-order valence-corrected chi connectivity index (χ1v) is 8.95. The van der Waals surface area contributed by atoms with Crippen molar-refractivity contribution in [1.29, 1.82) is 0 Å². The minimum Gasteiger partial charge on any atom is -0.342 e. The molecule has 0 atom stereocenters. The molecule has 6 heteroatoms. The molecule has 2 heterocycles. The Morgan fingerprint density at radius 3 is 2.70 bits per heavy atom. The van der Waals surface area contributed by atoms with Gasteiger partial charge in [-0.15, -0.1) is 0 Å². The van der Waals surface area contributed by atoms with E-state index in [2.05, 4.69) is 15.1 Å². The topological polar surface area (TPSA) is 66.8 Å². The number of nitrogens with zero attached hydrogens (tertiary/aromatic N) is 4. The van der Waals surface area contributed by atoms with Crippen LogP contribution in [0, 0.1) is 0 Å². The number of H-pyrrole nitrogens is 1. The van der Waals surface area contributed by atoms with Crippen molar-refractivity contribution in [2.24, 2.45) is 0 Å². The molecule has 0 unspecified atom stereocenters. The van der Waals surface area contributed by atoms with Gasteiger partial charge in [0, 0.05) is 38.2 Å². The Labute approximate surface area is 157 Å². The highest BCUT2D eigenvalue weighted by Gasteiger charge is 2.12. The van der Waals surface area contributed by atoms with Gasteiger partial charge in [0.1, 0.15) is 5.82 Å². The molecule has 2 aromatic carbocycles. The normalized spacial score (nSPS) is 11.0.